The summed E-state index contributed by atoms with van der Waals surface area (Å²) >= 11 is 0. The van der Waals surface area contributed by atoms with Crippen molar-refractivity contribution in [1.82, 2.24) is 5.32 Å². The average molecular weight is 280 g/mol. The minimum absolute atomic E-state index is 0.275. The van der Waals surface area contributed by atoms with Crippen LogP contribution in [-0.4, -0.2) is 7.05 Å². The fraction of sp³-hybridized carbons (Fsp3) is 0.278. The minimum Gasteiger partial charge on any atom is -0.457 e. The first-order chi connectivity index (χ1) is 10.0. The number of benzene rings is 2. The molecule has 3 heteroatoms. The van der Waals surface area contributed by atoms with E-state index in [-0.39, 0.29) is 6.04 Å². The third kappa shape index (κ3) is 3.42. The number of ether oxygens (including phenoxy) is 1. The van der Waals surface area contributed by atoms with E-state index in [0.29, 0.717) is 5.56 Å². The molecular weight excluding hydrogens is 260 g/mol. The molecule has 1 atom stereocenters. The van der Waals surface area contributed by atoms with Crippen molar-refractivity contribution in [3.8, 4) is 17.6 Å². The number of rotatable bonds is 4. The third-order valence-electron chi connectivity index (χ3n) is 3.60. The first kappa shape index (κ1) is 15.1. The molecule has 0 aliphatic rings. The van der Waals surface area contributed by atoms with Crippen LogP contribution >= 0.6 is 0 Å². The molecule has 0 fully saturated rings. The Hall–Kier alpha value is -2.31. The quantitative estimate of drug-likeness (QED) is 0.910. The molecule has 108 valence electrons. The van der Waals surface area contributed by atoms with Crippen molar-refractivity contribution in [2.24, 2.45) is 0 Å². The summed E-state index contributed by atoms with van der Waals surface area (Å²) in [6.07, 6.45) is 0. The van der Waals surface area contributed by atoms with Crippen molar-refractivity contribution in [2.75, 3.05) is 7.05 Å². The topological polar surface area (TPSA) is 45.0 Å². The van der Waals surface area contributed by atoms with Gasteiger partial charge in [-0.25, -0.2) is 0 Å². The summed E-state index contributed by atoms with van der Waals surface area (Å²) < 4.78 is 6.04. The summed E-state index contributed by atoms with van der Waals surface area (Å²) in [6.45, 7) is 6.03. The molecule has 0 saturated heterocycles. The first-order valence-electron chi connectivity index (χ1n) is 7.01. The van der Waals surface area contributed by atoms with E-state index in [0.717, 1.165) is 22.6 Å². The van der Waals surface area contributed by atoms with Crippen LogP contribution in [0, 0.1) is 25.2 Å². The van der Waals surface area contributed by atoms with Crippen molar-refractivity contribution < 1.29 is 4.74 Å². The standard InChI is InChI=1S/C18H20N2O/c1-12-8-15(11-19)9-13(2)18(12)21-17-7-5-6-16(10-17)14(3)20-4/h5-10,14,20H,1-4H3. The van der Waals surface area contributed by atoms with E-state index < -0.39 is 0 Å². The summed E-state index contributed by atoms with van der Waals surface area (Å²) in [5, 5.41) is 12.2. The zero-order valence-corrected chi connectivity index (χ0v) is 12.9. The van der Waals surface area contributed by atoms with Crippen LogP contribution in [-0.2, 0) is 0 Å². The van der Waals surface area contributed by atoms with E-state index in [2.05, 4.69) is 24.4 Å². The highest BCUT2D eigenvalue weighted by molar-refractivity contribution is 5.49. The number of nitriles is 1. The Kier molecular flexibility index (Phi) is 4.62. The highest BCUT2D eigenvalue weighted by Gasteiger charge is 2.09. The Morgan fingerprint density at radius 2 is 1.81 bits per heavy atom. The van der Waals surface area contributed by atoms with Gasteiger partial charge in [-0.2, -0.15) is 5.26 Å². The highest BCUT2D eigenvalue weighted by atomic mass is 16.5. The van der Waals surface area contributed by atoms with Crippen LogP contribution in [0.25, 0.3) is 0 Å². The second-order valence-corrected chi connectivity index (χ2v) is 5.24. The lowest BCUT2D eigenvalue weighted by Gasteiger charge is -2.15. The summed E-state index contributed by atoms with van der Waals surface area (Å²) in [4.78, 5) is 0. The number of nitrogens with zero attached hydrogens (tertiary/aromatic N) is 1. The molecule has 0 radical (unpaired) electrons. The molecule has 1 N–H and O–H groups in total. The summed E-state index contributed by atoms with van der Waals surface area (Å²) in [6, 6.07) is 14.2. The van der Waals surface area contributed by atoms with Crippen molar-refractivity contribution in [2.45, 2.75) is 26.8 Å². The van der Waals surface area contributed by atoms with Crippen molar-refractivity contribution in [1.29, 1.82) is 5.26 Å². The zero-order chi connectivity index (χ0) is 15.4. The fourth-order valence-electron chi connectivity index (χ4n) is 2.31. The highest BCUT2D eigenvalue weighted by Crippen LogP contribution is 2.30. The fourth-order valence-corrected chi connectivity index (χ4v) is 2.31. The maximum atomic E-state index is 8.99. The van der Waals surface area contributed by atoms with E-state index in [1.54, 1.807) is 0 Å². The van der Waals surface area contributed by atoms with Gasteiger partial charge in [0.25, 0.3) is 0 Å². The minimum atomic E-state index is 0.275. The Bertz CT molecular complexity index is 663. The smallest absolute Gasteiger partial charge is 0.133 e. The molecule has 21 heavy (non-hydrogen) atoms. The molecule has 0 bridgehead atoms. The Morgan fingerprint density at radius 1 is 1.14 bits per heavy atom. The monoisotopic (exact) mass is 280 g/mol. The van der Waals surface area contributed by atoms with Gasteiger partial charge in [-0.1, -0.05) is 12.1 Å². The molecule has 0 amide bonds. The SMILES string of the molecule is CNC(C)c1cccc(Oc2c(C)cc(C#N)cc2C)c1. The summed E-state index contributed by atoms with van der Waals surface area (Å²) in [7, 11) is 1.94. The predicted octanol–water partition coefficient (Wildman–Crippen LogP) is 4.25. The van der Waals surface area contributed by atoms with Gasteiger partial charge in [0.2, 0.25) is 0 Å². The van der Waals surface area contributed by atoms with E-state index >= 15 is 0 Å². The van der Waals surface area contributed by atoms with Crippen LogP contribution < -0.4 is 10.1 Å². The maximum absolute atomic E-state index is 8.99. The van der Waals surface area contributed by atoms with E-state index in [9.17, 15) is 0 Å². The second kappa shape index (κ2) is 6.43. The third-order valence-corrected chi connectivity index (χ3v) is 3.60. The largest absolute Gasteiger partial charge is 0.457 e. The molecule has 2 aromatic carbocycles. The Morgan fingerprint density at radius 3 is 2.38 bits per heavy atom. The summed E-state index contributed by atoms with van der Waals surface area (Å²) in [5.74, 6) is 1.63. The molecule has 0 aromatic heterocycles. The number of hydrogen-bond acceptors (Lipinski definition) is 3. The van der Waals surface area contributed by atoms with Crippen LogP contribution in [0.2, 0.25) is 0 Å². The van der Waals surface area contributed by atoms with Gasteiger partial charge < -0.3 is 10.1 Å². The molecule has 0 aliphatic heterocycles. The lowest BCUT2D eigenvalue weighted by molar-refractivity contribution is 0.473. The van der Waals surface area contributed by atoms with E-state index in [1.165, 1.54) is 5.56 Å². The zero-order valence-electron chi connectivity index (χ0n) is 12.9. The predicted molar refractivity (Wildman–Crippen MR) is 84.6 cm³/mol. The van der Waals surface area contributed by atoms with E-state index in [1.807, 2.05) is 51.2 Å². The lowest BCUT2D eigenvalue weighted by Crippen LogP contribution is -2.12. The van der Waals surface area contributed by atoms with Gasteiger partial charge in [0.1, 0.15) is 11.5 Å². The lowest BCUT2D eigenvalue weighted by atomic mass is 10.1. The van der Waals surface area contributed by atoms with Crippen molar-refractivity contribution in [3.05, 3.63) is 58.7 Å². The van der Waals surface area contributed by atoms with E-state index in [4.69, 9.17) is 10.00 Å². The molecule has 1 unspecified atom stereocenters. The van der Waals surface area contributed by atoms with Gasteiger partial charge in [-0.05, 0) is 68.8 Å². The van der Waals surface area contributed by atoms with Crippen molar-refractivity contribution >= 4 is 0 Å². The van der Waals surface area contributed by atoms with Gasteiger partial charge in [0.15, 0.2) is 0 Å². The molecule has 0 spiro atoms. The number of aryl methyl sites for hydroxylation is 2. The molecule has 2 aromatic rings. The van der Waals surface area contributed by atoms with Crippen LogP contribution in [0.15, 0.2) is 36.4 Å². The van der Waals surface area contributed by atoms with Gasteiger partial charge in [-0.3, -0.25) is 0 Å². The molecule has 3 nitrogen and oxygen atoms in total. The van der Waals surface area contributed by atoms with Crippen LogP contribution in [0.1, 0.15) is 35.2 Å². The number of hydrogen-bond donors (Lipinski definition) is 1. The second-order valence-electron chi connectivity index (χ2n) is 5.24. The van der Waals surface area contributed by atoms with Gasteiger partial charge in [0, 0.05) is 6.04 Å². The molecule has 0 saturated carbocycles. The van der Waals surface area contributed by atoms with Gasteiger partial charge in [0.05, 0.1) is 11.6 Å². The molecule has 0 aliphatic carbocycles. The number of nitrogens with one attached hydrogen (secondary N) is 1. The van der Waals surface area contributed by atoms with Crippen LogP contribution in [0.5, 0.6) is 11.5 Å². The maximum Gasteiger partial charge on any atom is 0.133 e. The van der Waals surface area contributed by atoms with Crippen LogP contribution in [0.3, 0.4) is 0 Å². The molecular formula is C18H20N2O. The van der Waals surface area contributed by atoms with Crippen molar-refractivity contribution in [3.63, 3.8) is 0 Å². The summed E-state index contributed by atoms with van der Waals surface area (Å²) in [5.41, 5.74) is 3.78. The molecule has 0 heterocycles. The van der Waals surface area contributed by atoms with Crippen LogP contribution in [0.4, 0.5) is 0 Å². The van der Waals surface area contributed by atoms with Gasteiger partial charge >= 0.3 is 0 Å². The molecule has 2 rings (SSSR count). The Labute approximate surface area is 126 Å². The van der Waals surface area contributed by atoms with Gasteiger partial charge in [-0.15, -0.1) is 0 Å². The Balaban J connectivity index is 2.33. The normalized spacial score (nSPS) is 11.8. The first-order valence-corrected chi connectivity index (χ1v) is 7.01. The average Bonchev–Trinajstić information content (AvgIpc) is 2.50.